The van der Waals surface area contributed by atoms with Crippen LogP contribution in [0, 0.1) is 0 Å². The summed E-state index contributed by atoms with van der Waals surface area (Å²) in [7, 11) is 0. The van der Waals surface area contributed by atoms with Crippen LogP contribution in [-0.2, 0) is 0 Å². The molecule has 1 nitrogen and oxygen atoms in total. The van der Waals surface area contributed by atoms with E-state index >= 15 is 0 Å². The molecular weight excluding hydrogens is 182 g/mol. The van der Waals surface area contributed by atoms with E-state index in [1.54, 1.807) is 0 Å². The molecule has 86 valence electrons. The van der Waals surface area contributed by atoms with E-state index in [0.717, 1.165) is 5.70 Å². The predicted molar refractivity (Wildman–Crippen MR) is 71.6 cm³/mol. The molecule has 0 fully saturated rings. The molecule has 0 rings (SSSR count). The summed E-state index contributed by atoms with van der Waals surface area (Å²) in [6.45, 7) is 12.2. The van der Waals surface area contributed by atoms with E-state index in [1.807, 2.05) is 32.1 Å². The summed E-state index contributed by atoms with van der Waals surface area (Å²) in [6.07, 6.45) is 9.95. The summed E-state index contributed by atoms with van der Waals surface area (Å²) in [5.74, 6) is 0. The van der Waals surface area contributed by atoms with Gasteiger partial charge in [-0.3, -0.25) is 0 Å². The molecule has 0 aromatic rings. The summed E-state index contributed by atoms with van der Waals surface area (Å²) >= 11 is 0. The Hall–Kier alpha value is -1.24. The van der Waals surface area contributed by atoms with Gasteiger partial charge in [0.05, 0.1) is 0 Å². The van der Waals surface area contributed by atoms with Crippen LogP contribution in [0.3, 0.4) is 0 Å². The zero-order chi connectivity index (χ0) is 12.3. The minimum Gasteiger partial charge on any atom is -0.402 e. The lowest BCUT2D eigenvalue weighted by Gasteiger charge is -1.84. The largest absolute Gasteiger partial charge is 0.402 e. The zero-order valence-electron chi connectivity index (χ0n) is 11.0. The molecule has 0 aromatic carbocycles. The quantitative estimate of drug-likeness (QED) is 0.670. The van der Waals surface area contributed by atoms with Crippen molar-refractivity contribution in [2.75, 3.05) is 0 Å². The first-order chi connectivity index (χ1) is 6.90. The minimum atomic E-state index is 0.845. The van der Waals surface area contributed by atoms with Gasteiger partial charge >= 0.3 is 0 Å². The Labute approximate surface area is 95.1 Å². The van der Waals surface area contributed by atoms with Crippen molar-refractivity contribution in [2.24, 2.45) is 5.73 Å². The predicted octanol–water partition coefficient (Wildman–Crippen LogP) is 4.34. The Balaban J connectivity index is 0. The van der Waals surface area contributed by atoms with Crippen LogP contribution in [0.2, 0.25) is 0 Å². The summed E-state index contributed by atoms with van der Waals surface area (Å²) in [4.78, 5) is 0. The second-order valence-electron chi connectivity index (χ2n) is 3.92. The number of nitrogens with two attached hydrogens (primary N) is 1. The summed E-state index contributed by atoms with van der Waals surface area (Å²) in [5, 5.41) is 0. The molecule has 0 aliphatic rings. The molecule has 0 spiro atoms. The molecule has 0 saturated carbocycles. The van der Waals surface area contributed by atoms with Gasteiger partial charge in [0.2, 0.25) is 0 Å². The van der Waals surface area contributed by atoms with Crippen LogP contribution < -0.4 is 5.73 Å². The van der Waals surface area contributed by atoms with Gasteiger partial charge in [0, 0.05) is 5.70 Å². The molecule has 0 aliphatic heterocycles. The monoisotopic (exact) mass is 207 g/mol. The van der Waals surface area contributed by atoms with Crippen LogP contribution in [0.4, 0.5) is 0 Å². The summed E-state index contributed by atoms with van der Waals surface area (Å²) < 4.78 is 0. The zero-order valence-corrected chi connectivity index (χ0v) is 11.0. The van der Waals surface area contributed by atoms with Crippen LogP contribution in [0.1, 0.15) is 41.5 Å². The highest BCUT2D eigenvalue weighted by molar-refractivity contribution is 5.12. The fourth-order valence-electron chi connectivity index (χ4n) is 0.581. The number of allylic oxidation sites excluding steroid dienone is 8. The van der Waals surface area contributed by atoms with Gasteiger partial charge in [0.25, 0.3) is 0 Å². The lowest BCUT2D eigenvalue weighted by Crippen LogP contribution is -1.87. The minimum absolute atomic E-state index is 0.845. The van der Waals surface area contributed by atoms with Crippen LogP contribution in [0.5, 0.6) is 0 Å². The maximum Gasteiger partial charge on any atom is 0.00487 e. The molecule has 0 atom stereocenters. The number of hydrogen-bond acceptors (Lipinski definition) is 1. The third kappa shape index (κ3) is 24.5. The lowest BCUT2D eigenvalue weighted by molar-refractivity contribution is 1.32. The van der Waals surface area contributed by atoms with E-state index in [1.165, 1.54) is 11.1 Å². The summed E-state index contributed by atoms with van der Waals surface area (Å²) in [5.41, 5.74) is 8.84. The van der Waals surface area contributed by atoms with Crippen LogP contribution in [0.25, 0.3) is 0 Å². The molecule has 0 aliphatic carbocycles. The molecule has 15 heavy (non-hydrogen) atoms. The molecule has 0 bridgehead atoms. The average Bonchev–Trinajstić information content (AvgIpc) is 2.12. The van der Waals surface area contributed by atoms with E-state index in [4.69, 9.17) is 5.73 Å². The fourth-order valence-corrected chi connectivity index (χ4v) is 0.581. The number of hydrogen-bond donors (Lipinski definition) is 1. The Bertz CT molecular complexity index is 237. The van der Waals surface area contributed by atoms with E-state index in [9.17, 15) is 0 Å². The third-order valence-corrected chi connectivity index (χ3v) is 1.30. The standard InChI is InChI=1S/C8H14.C6H11N/c1-7(2)5-6-8(3)4;1-3-4-5-6(2)7/h5-6H,1-4H3;3-5H,7H2,1-2H3/b;4-3-,6-5+. The second-order valence-corrected chi connectivity index (χ2v) is 3.92. The van der Waals surface area contributed by atoms with Crippen molar-refractivity contribution in [1.82, 2.24) is 0 Å². The molecule has 0 radical (unpaired) electrons. The van der Waals surface area contributed by atoms with Crippen molar-refractivity contribution in [1.29, 1.82) is 0 Å². The topological polar surface area (TPSA) is 26.0 Å². The van der Waals surface area contributed by atoms with Gasteiger partial charge in [0.15, 0.2) is 0 Å². The highest BCUT2D eigenvalue weighted by Gasteiger charge is 1.72. The van der Waals surface area contributed by atoms with Gasteiger partial charge in [-0.2, -0.15) is 0 Å². The first-order valence-electron chi connectivity index (χ1n) is 5.23. The molecule has 2 N–H and O–H groups in total. The van der Waals surface area contributed by atoms with E-state index < -0.39 is 0 Å². The Morgan fingerprint density at radius 2 is 1.20 bits per heavy atom. The molecule has 1 heteroatoms. The van der Waals surface area contributed by atoms with Gasteiger partial charge in [-0.25, -0.2) is 0 Å². The Morgan fingerprint density at radius 1 is 0.800 bits per heavy atom. The van der Waals surface area contributed by atoms with Crippen molar-refractivity contribution in [3.8, 4) is 0 Å². The maximum absolute atomic E-state index is 5.29. The van der Waals surface area contributed by atoms with Crippen molar-refractivity contribution in [3.63, 3.8) is 0 Å². The normalized spacial score (nSPS) is 10.4. The third-order valence-electron chi connectivity index (χ3n) is 1.30. The van der Waals surface area contributed by atoms with E-state index in [-0.39, 0.29) is 0 Å². The molecule has 0 saturated heterocycles. The molecule has 0 amide bonds. The van der Waals surface area contributed by atoms with Gasteiger partial charge in [-0.05, 0) is 47.6 Å². The average molecular weight is 207 g/mol. The van der Waals surface area contributed by atoms with Crippen molar-refractivity contribution in [2.45, 2.75) is 41.5 Å². The molecule has 0 unspecified atom stereocenters. The van der Waals surface area contributed by atoms with Crippen LogP contribution >= 0.6 is 0 Å². The summed E-state index contributed by atoms with van der Waals surface area (Å²) in [6, 6.07) is 0. The number of rotatable bonds is 2. The highest BCUT2D eigenvalue weighted by atomic mass is 14.5. The second kappa shape index (κ2) is 10.8. The maximum atomic E-state index is 5.29. The first-order valence-corrected chi connectivity index (χ1v) is 5.23. The van der Waals surface area contributed by atoms with Crippen molar-refractivity contribution in [3.05, 3.63) is 47.2 Å². The van der Waals surface area contributed by atoms with Gasteiger partial charge in [-0.1, -0.05) is 35.5 Å². The fraction of sp³-hybridized carbons (Fsp3) is 0.429. The lowest BCUT2D eigenvalue weighted by atomic mass is 10.2. The van der Waals surface area contributed by atoms with E-state index in [0.29, 0.717) is 0 Å². The van der Waals surface area contributed by atoms with Crippen molar-refractivity contribution < 1.29 is 0 Å². The first kappa shape index (κ1) is 16.2. The van der Waals surface area contributed by atoms with Crippen LogP contribution in [-0.4, -0.2) is 0 Å². The smallest absolute Gasteiger partial charge is 0.00487 e. The van der Waals surface area contributed by atoms with Crippen LogP contribution in [0.15, 0.2) is 47.2 Å². The molecular formula is C14H25N. The van der Waals surface area contributed by atoms with Crippen molar-refractivity contribution >= 4 is 0 Å². The Kier molecular flexibility index (Phi) is 11.7. The highest BCUT2D eigenvalue weighted by Crippen LogP contribution is 1.93. The van der Waals surface area contributed by atoms with Gasteiger partial charge < -0.3 is 5.73 Å². The molecule has 0 heterocycles. The van der Waals surface area contributed by atoms with E-state index in [2.05, 4.69) is 39.8 Å². The van der Waals surface area contributed by atoms with Gasteiger partial charge in [0.1, 0.15) is 0 Å². The SMILES string of the molecule is C/C=C\C=C(/C)N.CC(C)=CC=C(C)C. The Morgan fingerprint density at radius 3 is 1.33 bits per heavy atom. The van der Waals surface area contributed by atoms with Gasteiger partial charge in [-0.15, -0.1) is 0 Å². The molecule has 0 aromatic heterocycles.